The summed E-state index contributed by atoms with van der Waals surface area (Å²) in [6, 6.07) is 0.829. The summed E-state index contributed by atoms with van der Waals surface area (Å²) in [6.45, 7) is 9.34. The normalized spacial score (nSPS) is 9.50. The summed E-state index contributed by atoms with van der Waals surface area (Å²) in [6.07, 6.45) is -3.24. The lowest BCUT2D eigenvalue weighted by molar-refractivity contribution is -0.138. The van der Waals surface area contributed by atoms with Gasteiger partial charge in [-0.05, 0) is 18.6 Å². The number of nitrogens with two attached hydrogens (primary N) is 1. The van der Waals surface area contributed by atoms with Crippen LogP contribution in [0.5, 0.6) is 0 Å². The SMILES string of the molecule is CC.CC.Cc1cnc(N)cc1C(F)(F)F. The molecule has 0 atom stereocenters. The summed E-state index contributed by atoms with van der Waals surface area (Å²) in [5, 5.41) is 0. The van der Waals surface area contributed by atoms with Gasteiger partial charge in [-0.25, -0.2) is 4.98 Å². The van der Waals surface area contributed by atoms with Crippen molar-refractivity contribution in [3.8, 4) is 0 Å². The second-order valence-corrected chi connectivity index (χ2v) is 2.42. The molecule has 0 aliphatic heterocycles. The molecule has 0 unspecified atom stereocenters. The zero-order valence-corrected chi connectivity index (χ0v) is 10.3. The number of hydrogen-bond acceptors (Lipinski definition) is 2. The van der Waals surface area contributed by atoms with Gasteiger partial charge in [0, 0.05) is 6.20 Å². The van der Waals surface area contributed by atoms with Gasteiger partial charge in [-0.3, -0.25) is 0 Å². The molecule has 1 rings (SSSR count). The summed E-state index contributed by atoms with van der Waals surface area (Å²) in [5.41, 5.74) is 4.47. The summed E-state index contributed by atoms with van der Waals surface area (Å²) in [7, 11) is 0. The van der Waals surface area contributed by atoms with Crippen molar-refractivity contribution >= 4 is 5.82 Å². The standard InChI is InChI=1S/C7H7F3N2.2C2H6/c1-4-3-12-6(11)2-5(4)7(8,9)10;2*1-2/h2-3H,1H3,(H2,11,12);2*1-2H3. The van der Waals surface area contributed by atoms with Gasteiger partial charge in [0.25, 0.3) is 0 Å². The van der Waals surface area contributed by atoms with E-state index in [-0.39, 0.29) is 11.4 Å². The van der Waals surface area contributed by atoms with Crippen LogP contribution in [0.3, 0.4) is 0 Å². The minimum atomic E-state index is -4.35. The van der Waals surface area contributed by atoms with Crippen molar-refractivity contribution in [2.75, 3.05) is 5.73 Å². The molecule has 0 amide bonds. The predicted octanol–water partition coefficient (Wildman–Crippen LogP) is 4.04. The molecule has 1 aromatic rings. The van der Waals surface area contributed by atoms with Gasteiger partial charge in [-0.1, -0.05) is 27.7 Å². The van der Waals surface area contributed by atoms with Gasteiger partial charge < -0.3 is 5.73 Å². The van der Waals surface area contributed by atoms with E-state index in [1.54, 1.807) is 0 Å². The van der Waals surface area contributed by atoms with Crippen LogP contribution < -0.4 is 5.73 Å². The predicted molar refractivity (Wildman–Crippen MR) is 61.1 cm³/mol. The van der Waals surface area contributed by atoms with Crippen LogP contribution in [0.1, 0.15) is 38.8 Å². The van der Waals surface area contributed by atoms with Crippen LogP contribution in [0.4, 0.5) is 19.0 Å². The molecule has 94 valence electrons. The minimum absolute atomic E-state index is 0.0803. The zero-order chi connectivity index (χ0) is 13.4. The molecule has 16 heavy (non-hydrogen) atoms. The Balaban J connectivity index is 0. The fraction of sp³-hybridized carbons (Fsp3) is 0.545. The highest BCUT2D eigenvalue weighted by atomic mass is 19.4. The van der Waals surface area contributed by atoms with Crippen molar-refractivity contribution in [3.05, 3.63) is 23.4 Å². The second kappa shape index (κ2) is 7.96. The quantitative estimate of drug-likeness (QED) is 0.738. The molecule has 2 nitrogen and oxygen atoms in total. The fourth-order valence-corrected chi connectivity index (χ4v) is 0.845. The average Bonchev–Trinajstić information content (AvgIpc) is 2.26. The van der Waals surface area contributed by atoms with E-state index in [0.717, 1.165) is 12.3 Å². The maximum Gasteiger partial charge on any atom is 0.416 e. The number of hydrogen-bond donors (Lipinski definition) is 1. The number of alkyl halides is 3. The van der Waals surface area contributed by atoms with E-state index in [0.29, 0.717) is 0 Å². The molecule has 1 heterocycles. The molecule has 2 N–H and O–H groups in total. The third-order valence-electron chi connectivity index (χ3n) is 1.43. The smallest absolute Gasteiger partial charge is 0.384 e. The lowest BCUT2D eigenvalue weighted by atomic mass is 10.1. The second-order valence-electron chi connectivity index (χ2n) is 2.42. The minimum Gasteiger partial charge on any atom is -0.384 e. The molecule has 1 aromatic heterocycles. The van der Waals surface area contributed by atoms with Crippen molar-refractivity contribution < 1.29 is 13.2 Å². The van der Waals surface area contributed by atoms with Crippen molar-refractivity contribution in [1.82, 2.24) is 4.98 Å². The first-order valence-electron chi connectivity index (χ1n) is 5.20. The number of anilines is 1. The van der Waals surface area contributed by atoms with E-state index >= 15 is 0 Å². The van der Waals surface area contributed by atoms with Crippen LogP contribution in [-0.2, 0) is 6.18 Å². The number of pyridine rings is 1. The zero-order valence-electron chi connectivity index (χ0n) is 10.3. The van der Waals surface area contributed by atoms with E-state index < -0.39 is 11.7 Å². The first kappa shape index (κ1) is 17.1. The number of halogens is 3. The Labute approximate surface area is 94.7 Å². The lowest BCUT2D eigenvalue weighted by Crippen LogP contribution is -2.08. The van der Waals surface area contributed by atoms with Gasteiger partial charge in [0.2, 0.25) is 0 Å². The van der Waals surface area contributed by atoms with Crippen LogP contribution in [-0.4, -0.2) is 4.98 Å². The average molecular weight is 236 g/mol. The molecular weight excluding hydrogens is 217 g/mol. The van der Waals surface area contributed by atoms with Crippen molar-refractivity contribution in [2.24, 2.45) is 0 Å². The number of aryl methyl sites for hydroxylation is 1. The van der Waals surface area contributed by atoms with E-state index in [4.69, 9.17) is 5.73 Å². The Hall–Kier alpha value is -1.26. The van der Waals surface area contributed by atoms with Crippen LogP contribution in [0, 0.1) is 6.92 Å². The van der Waals surface area contributed by atoms with Gasteiger partial charge >= 0.3 is 6.18 Å². The number of aromatic nitrogens is 1. The van der Waals surface area contributed by atoms with Crippen molar-refractivity contribution in [2.45, 2.75) is 40.8 Å². The van der Waals surface area contributed by atoms with E-state index in [9.17, 15) is 13.2 Å². The number of nitrogen functional groups attached to an aromatic ring is 1. The molecule has 0 saturated heterocycles. The maximum absolute atomic E-state index is 12.1. The molecule has 0 radical (unpaired) electrons. The monoisotopic (exact) mass is 236 g/mol. The summed E-state index contributed by atoms with van der Waals surface area (Å²) < 4.78 is 36.4. The third kappa shape index (κ3) is 5.58. The molecule has 0 aliphatic carbocycles. The Bertz CT molecular complexity index is 296. The topological polar surface area (TPSA) is 38.9 Å². The molecule has 0 bridgehead atoms. The highest BCUT2D eigenvalue weighted by Crippen LogP contribution is 2.31. The van der Waals surface area contributed by atoms with Crippen LogP contribution >= 0.6 is 0 Å². The van der Waals surface area contributed by atoms with Crippen molar-refractivity contribution in [3.63, 3.8) is 0 Å². The Morgan fingerprint density at radius 3 is 1.88 bits per heavy atom. The molecule has 5 heteroatoms. The highest BCUT2D eigenvalue weighted by Gasteiger charge is 2.32. The van der Waals surface area contributed by atoms with Crippen LogP contribution in [0.2, 0.25) is 0 Å². The molecule has 0 aromatic carbocycles. The van der Waals surface area contributed by atoms with Crippen molar-refractivity contribution in [1.29, 1.82) is 0 Å². The Kier molecular flexibility index (Phi) is 8.53. The van der Waals surface area contributed by atoms with E-state index in [1.165, 1.54) is 6.92 Å². The van der Waals surface area contributed by atoms with Gasteiger partial charge in [0.1, 0.15) is 5.82 Å². The largest absolute Gasteiger partial charge is 0.416 e. The first-order chi connectivity index (χ1) is 7.41. The third-order valence-corrected chi connectivity index (χ3v) is 1.43. The lowest BCUT2D eigenvalue weighted by Gasteiger charge is -2.09. The summed E-state index contributed by atoms with van der Waals surface area (Å²) in [5.74, 6) is -0.118. The highest BCUT2D eigenvalue weighted by molar-refractivity contribution is 5.37. The van der Waals surface area contributed by atoms with E-state index in [1.807, 2.05) is 27.7 Å². The number of nitrogens with zero attached hydrogens (tertiary/aromatic N) is 1. The van der Waals surface area contributed by atoms with Crippen LogP contribution in [0.25, 0.3) is 0 Å². The fourth-order valence-electron chi connectivity index (χ4n) is 0.845. The van der Waals surface area contributed by atoms with E-state index in [2.05, 4.69) is 4.98 Å². The molecule has 0 saturated carbocycles. The summed E-state index contributed by atoms with van der Waals surface area (Å²) >= 11 is 0. The molecule has 0 fully saturated rings. The Morgan fingerprint density at radius 2 is 1.56 bits per heavy atom. The van der Waals surface area contributed by atoms with Gasteiger partial charge in [0.05, 0.1) is 5.56 Å². The first-order valence-corrected chi connectivity index (χ1v) is 5.20. The molecular formula is C11H19F3N2. The van der Waals surface area contributed by atoms with Crippen LogP contribution in [0.15, 0.2) is 12.3 Å². The molecule has 0 aliphatic rings. The van der Waals surface area contributed by atoms with Gasteiger partial charge in [-0.15, -0.1) is 0 Å². The maximum atomic E-state index is 12.1. The summed E-state index contributed by atoms with van der Waals surface area (Å²) in [4.78, 5) is 3.53. The van der Waals surface area contributed by atoms with Gasteiger partial charge in [0.15, 0.2) is 0 Å². The molecule has 0 spiro atoms. The Morgan fingerprint density at radius 1 is 1.12 bits per heavy atom. The number of rotatable bonds is 0. The van der Waals surface area contributed by atoms with Gasteiger partial charge in [-0.2, -0.15) is 13.2 Å².